The molecule has 3 heterocycles. The lowest BCUT2D eigenvalue weighted by Crippen LogP contribution is -2.47. The van der Waals surface area contributed by atoms with Crippen molar-refractivity contribution in [3.63, 3.8) is 0 Å². The molecule has 0 radical (unpaired) electrons. The van der Waals surface area contributed by atoms with Gasteiger partial charge in [-0.1, -0.05) is 30.2 Å². The van der Waals surface area contributed by atoms with Crippen LogP contribution in [-0.4, -0.2) is 72.5 Å². The molecule has 3 fully saturated rings. The van der Waals surface area contributed by atoms with Crippen molar-refractivity contribution < 1.29 is 18.0 Å². The van der Waals surface area contributed by atoms with Crippen LogP contribution in [0.3, 0.4) is 0 Å². The van der Waals surface area contributed by atoms with Crippen molar-refractivity contribution in [3.05, 3.63) is 70.0 Å². The highest BCUT2D eigenvalue weighted by Gasteiger charge is 2.42. The minimum absolute atomic E-state index is 0.122. The van der Waals surface area contributed by atoms with Gasteiger partial charge in [0.2, 0.25) is 5.91 Å². The highest BCUT2D eigenvalue weighted by atomic mass is 35.5. The Bertz CT molecular complexity index is 1110. The molecule has 0 saturated carbocycles. The van der Waals surface area contributed by atoms with Crippen LogP contribution >= 0.6 is 11.6 Å². The minimum atomic E-state index is -0.871. The molecule has 0 spiro atoms. The number of hydrogen-bond acceptors (Lipinski definition) is 3. The molecule has 3 aliphatic heterocycles. The van der Waals surface area contributed by atoms with Crippen LogP contribution in [0.15, 0.2) is 36.4 Å². The van der Waals surface area contributed by atoms with Gasteiger partial charge in [0.05, 0.1) is 6.42 Å². The Hall–Kier alpha value is -2.09. The zero-order valence-electron chi connectivity index (χ0n) is 21.9. The van der Waals surface area contributed by atoms with Crippen LogP contribution in [0, 0.1) is 17.5 Å². The number of carbonyl (C=O) groups is 1. The van der Waals surface area contributed by atoms with E-state index in [1.54, 1.807) is 17.0 Å². The summed E-state index contributed by atoms with van der Waals surface area (Å²) in [5.41, 5.74) is 0.437. The first-order chi connectivity index (χ1) is 18.3. The van der Waals surface area contributed by atoms with Gasteiger partial charge in [0, 0.05) is 35.1 Å². The number of piperidine rings is 2. The number of likely N-dealkylation sites (tertiary alicyclic amines) is 3. The molecular weight excluding hydrogens is 511 g/mol. The van der Waals surface area contributed by atoms with Crippen molar-refractivity contribution in [1.82, 2.24) is 14.7 Å². The Balaban J connectivity index is 1.26. The van der Waals surface area contributed by atoms with Crippen molar-refractivity contribution in [2.75, 3.05) is 45.8 Å². The lowest BCUT2D eigenvalue weighted by molar-refractivity contribution is -0.129. The lowest BCUT2D eigenvalue weighted by atomic mass is 9.76. The van der Waals surface area contributed by atoms with Crippen LogP contribution in [0.2, 0.25) is 5.02 Å². The molecule has 5 rings (SSSR count). The second-order valence-electron chi connectivity index (χ2n) is 11.3. The summed E-state index contributed by atoms with van der Waals surface area (Å²) >= 11 is 6.16. The molecule has 0 aromatic heterocycles. The van der Waals surface area contributed by atoms with E-state index in [4.69, 9.17) is 11.6 Å². The van der Waals surface area contributed by atoms with Gasteiger partial charge < -0.3 is 14.7 Å². The number of nitrogens with zero attached hydrogens (tertiary/aromatic N) is 3. The van der Waals surface area contributed by atoms with Gasteiger partial charge in [0.25, 0.3) is 0 Å². The average Bonchev–Trinajstić information content (AvgIpc) is 3.38. The second kappa shape index (κ2) is 12.0. The van der Waals surface area contributed by atoms with Crippen LogP contribution in [-0.2, 0) is 16.6 Å². The van der Waals surface area contributed by atoms with Crippen LogP contribution < -0.4 is 0 Å². The van der Waals surface area contributed by atoms with Gasteiger partial charge in [-0.25, -0.2) is 13.2 Å². The van der Waals surface area contributed by atoms with E-state index < -0.39 is 22.9 Å². The Morgan fingerprint density at radius 2 is 1.68 bits per heavy atom. The second-order valence-corrected chi connectivity index (χ2v) is 11.7. The van der Waals surface area contributed by atoms with Crippen LogP contribution in [0.5, 0.6) is 0 Å². The van der Waals surface area contributed by atoms with Crippen LogP contribution in [0.1, 0.15) is 56.1 Å². The lowest BCUT2D eigenvalue weighted by Gasteiger charge is -2.41. The van der Waals surface area contributed by atoms with Crippen molar-refractivity contribution in [2.24, 2.45) is 0 Å². The van der Waals surface area contributed by atoms with Gasteiger partial charge >= 0.3 is 0 Å². The van der Waals surface area contributed by atoms with Gasteiger partial charge in [-0.3, -0.25) is 4.79 Å². The number of benzene rings is 2. The maximum absolute atomic E-state index is 14.3. The number of carbonyl (C=O) groups excluding carboxylic acids is 1. The molecule has 2 aromatic carbocycles. The van der Waals surface area contributed by atoms with Crippen LogP contribution in [0.4, 0.5) is 13.2 Å². The number of halogens is 4. The zero-order chi connectivity index (χ0) is 26.7. The molecule has 4 nitrogen and oxygen atoms in total. The first-order valence-corrected chi connectivity index (χ1v) is 14.3. The predicted molar refractivity (Wildman–Crippen MR) is 144 cm³/mol. The first-order valence-electron chi connectivity index (χ1n) is 14.0. The SMILES string of the molecule is O=C(Cc1c(F)cccc1Cl)N1CC[C@@](CCN2CCC(N3CCCCC3)CC2)(c2ccc(F)c(F)c2)C1. The van der Waals surface area contributed by atoms with Gasteiger partial charge in [-0.15, -0.1) is 0 Å². The highest BCUT2D eigenvalue weighted by molar-refractivity contribution is 6.31. The van der Waals surface area contributed by atoms with Gasteiger partial charge in [-0.2, -0.15) is 0 Å². The highest BCUT2D eigenvalue weighted by Crippen LogP contribution is 2.39. The van der Waals surface area contributed by atoms with E-state index in [2.05, 4.69) is 9.80 Å². The molecule has 0 N–H and O–H groups in total. The maximum atomic E-state index is 14.3. The van der Waals surface area contributed by atoms with E-state index in [0.29, 0.717) is 25.6 Å². The fourth-order valence-electron chi connectivity index (χ4n) is 6.62. The first kappa shape index (κ1) is 27.5. The van der Waals surface area contributed by atoms with E-state index in [0.717, 1.165) is 44.5 Å². The molecule has 3 saturated heterocycles. The van der Waals surface area contributed by atoms with E-state index in [9.17, 15) is 18.0 Å². The predicted octanol–water partition coefficient (Wildman–Crippen LogP) is 5.81. The van der Waals surface area contributed by atoms with Gasteiger partial charge in [0.15, 0.2) is 11.6 Å². The molecule has 0 aliphatic carbocycles. The summed E-state index contributed by atoms with van der Waals surface area (Å²) < 4.78 is 42.5. The molecule has 206 valence electrons. The van der Waals surface area contributed by atoms with Crippen molar-refractivity contribution >= 4 is 17.5 Å². The normalized spacial score (nSPS) is 23.7. The number of amides is 1. The molecule has 1 amide bonds. The fraction of sp³-hybridized carbons (Fsp3) is 0.567. The quantitative estimate of drug-likeness (QED) is 0.438. The zero-order valence-corrected chi connectivity index (χ0v) is 22.7. The largest absolute Gasteiger partial charge is 0.341 e. The van der Waals surface area contributed by atoms with Crippen molar-refractivity contribution in [3.8, 4) is 0 Å². The Morgan fingerprint density at radius 3 is 2.39 bits per heavy atom. The third-order valence-corrected chi connectivity index (χ3v) is 9.35. The minimum Gasteiger partial charge on any atom is -0.341 e. The van der Waals surface area contributed by atoms with Crippen molar-refractivity contribution in [1.29, 1.82) is 0 Å². The molecule has 8 heteroatoms. The summed E-state index contributed by atoms with van der Waals surface area (Å²) in [7, 11) is 0. The molecule has 3 aliphatic rings. The fourth-order valence-corrected chi connectivity index (χ4v) is 6.85. The van der Waals surface area contributed by atoms with E-state index in [1.165, 1.54) is 56.6 Å². The number of hydrogen-bond donors (Lipinski definition) is 0. The molecule has 0 bridgehead atoms. The maximum Gasteiger partial charge on any atom is 0.227 e. The standard InChI is InChI=1S/C30H37ClF3N3O/c31-25-5-4-6-26(32)24(25)20-29(38)37-18-12-30(21-37,22-7-8-27(33)28(34)19-22)11-17-35-15-9-23(10-16-35)36-13-2-1-3-14-36/h4-8,19,23H,1-3,9-18,20-21H2/t30-/m1/s1. The molecular formula is C30H37ClF3N3O. The number of rotatable bonds is 7. The third-order valence-electron chi connectivity index (χ3n) is 9.00. The Morgan fingerprint density at radius 1 is 0.921 bits per heavy atom. The molecule has 2 aromatic rings. The van der Waals surface area contributed by atoms with Crippen molar-refractivity contribution in [2.45, 2.75) is 62.8 Å². The summed E-state index contributed by atoms with van der Waals surface area (Å²) in [6.07, 6.45) is 7.54. The molecule has 38 heavy (non-hydrogen) atoms. The van der Waals surface area contributed by atoms with Gasteiger partial charge in [-0.05, 0) is 101 Å². The monoisotopic (exact) mass is 547 g/mol. The van der Waals surface area contributed by atoms with E-state index in [-0.39, 0.29) is 22.9 Å². The summed E-state index contributed by atoms with van der Waals surface area (Å²) in [6, 6.07) is 9.19. The topological polar surface area (TPSA) is 26.8 Å². The average molecular weight is 548 g/mol. The van der Waals surface area contributed by atoms with Gasteiger partial charge in [0.1, 0.15) is 5.82 Å². The van der Waals surface area contributed by atoms with E-state index >= 15 is 0 Å². The van der Waals surface area contributed by atoms with E-state index in [1.807, 2.05) is 0 Å². The smallest absolute Gasteiger partial charge is 0.227 e. The summed E-state index contributed by atoms with van der Waals surface area (Å²) in [4.78, 5) is 20.1. The summed E-state index contributed by atoms with van der Waals surface area (Å²) in [5.74, 6) is -2.44. The Labute approximate surface area is 228 Å². The molecule has 1 atom stereocenters. The summed E-state index contributed by atoms with van der Waals surface area (Å²) in [6.45, 7) is 6.21. The molecule has 0 unspecified atom stereocenters. The third kappa shape index (κ3) is 6.05. The Kier molecular flexibility index (Phi) is 8.65. The summed E-state index contributed by atoms with van der Waals surface area (Å²) in [5, 5.41) is 0.234. The van der Waals surface area contributed by atoms with Crippen LogP contribution in [0.25, 0.3) is 0 Å².